The van der Waals surface area contributed by atoms with E-state index in [-0.39, 0.29) is 5.76 Å². The molecule has 0 saturated carbocycles. The van der Waals surface area contributed by atoms with E-state index in [1.165, 1.54) is 16.7 Å². The lowest BCUT2D eigenvalue weighted by atomic mass is 10.0. The minimum atomic E-state index is -2.06. The van der Waals surface area contributed by atoms with Crippen molar-refractivity contribution in [2.24, 2.45) is 9.98 Å². The molecule has 0 saturated heterocycles. The van der Waals surface area contributed by atoms with Gasteiger partial charge in [0.15, 0.2) is 11.6 Å². The van der Waals surface area contributed by atoms with E-state index in [9.17, 15) is 9.67 Å². The Morgan fingerprint density at radius 1 is 1.11 bits per heavy atom. The fourth-order valence-corrected chi connectivity index (χ4v) is 4.34. The van der Waals surface area contributed by atoms with Crippen LogP contribution in [0.1, 0.15) is 64.2 Å². The van der Waals surface area contributed by atoms with Crippen LogP contribution in [0.15, 0.2) is 82.1 Å². The maximum absolute atomic E-state index is 11.7. The van der Waals surface area contributed by atoms with Crippen LogP contribution in [-0.4, -0.2) is 30.5 Å². The van der Waals surface area contributed by atoms with Crippen molar-refractivity contribution in [3.05, 3.63) is 88.8 Å². The van der Waals surface area contributed by atoms with Gasteiger partial charge in [-0.3, -0.25) is 4.99 Å². The van der Waals surface area contributed by atoms with E-state index < -0.39 is 7.14 Å². The van der Waals surface area contributed by atoms with Crippen molar-refractivity contribution >= 4 is 35.9 Å². The number of allylic oxidation sites excluding steroid dienone is 3. The molecule has 1 aliphatic heterocycles. The van der Waals surface area contributed by atoms with Crippen molar-refractivity contribution in [2.45, 2.75) is 61.3 Å². The Balaban J connectivity index is 0.000000411. The van der Waals surface area contributed by atoms with Gasteiger partial charge in [0.25, 0.3) is 0 Å². The van der Waals surface area contributed by atoms with Gasteiger partial charge in [0.1, 0.15) is 7.14 Å². The van der Waals surface area contributed by atoms with Crippen LogP contribution in [0, 0.1) is 13.8 Å². The van der Waals surface area contributed by atoms with Crippen molar-refractivity contribution in [3.63, 3.8) is 0 Å². The molecule has 5 nitrogen and oxygen atoms in total. The van der Waals surface area contributed by atoms with Crippen LogP contribution in [-0.2, 0) is 4.57 Å². The van der Waals surface area contributed by atoms with Crippen LogP contribution in [0.25, 0.3) is 5.70 Å². The molecule has 1 heterocycles. The van der Waals surface area contributed by atoms with Gasteiger partial charge in [-0.05, 0) is 95.7 Å². The van der Waals surface area contributed by atoms with Gasteiger partial charge >= 0.3 is 0 Å². The molecule has 0 amide bonds. The van der Waals surface area contributed by atoms with Crippen molar-refractivity contribution in [2.75, 3.05) is 13.3 Å². The Bertz CT molecular complexity index is 1250. The Labute approximate surface area is 224 Å². The molecular weight excluding hydrogens is 477 g/mol. The number of hydrogen-bond donors (Lipinski definition) is 2. The lowest BCUT2D eigenvalue weighted by Crippen LogP contribution is -2.22. The minimum Gasteiger partial charge on any atom is -0.504 e. The van der Waals surface area contributed by atoms with Gasteiger partial charge in [0.05, 0.1) is 11.4 Å². The van der Waals surface area contributed by atoms with Crippen LogP contribution in [0.5, 0.6) is 0 Å². The molecule has 0 radical (unpaired) electrons. The van der Waals surface area contributed by atoms with Crippen molar-refractivity contribution < 1.29 is 9.67 Å². The number of aryl methyl sites for hydroxylation is 2. The van der Waals surface area contributed by atoms with Gasteiger partial charge in [-0.25, -0.2) is 4.99 Å². The highest BCUT2D eigenvalue weighted by molar-refractivity contribution is 7.70. The summed E-state index contributed by atoms with van der Waals surface area (Å²) in [6, 6.07) is 13.8. The zero-order valence-electron chi connectivity index (χ0n) is 24.0. The third-order valence-electron chi connectivity index (χ3n) is 5.62. The third kappa shape index (κ3) is 10.0. The average Bonchev–Trinajstić information content (AvgIpc) is 2.86. The van der Waals surface area contributed by atoms with Gasteiger partial charge in [-0.1, -0.05) is 50.8 Å². The SMILES string of the molecule is C=C(C)NC(=Nc1ccccc1C1=C(C)CCC=N1)/C(O)=C\C.CC.Cc1ccc(P(C)(C)=O)cc1C. The quantitative estimate of drug-likeness (QED) is 0.179. The number of hydrogen-bond acceptors (Lipinski definition) is 4. The molecule has 37 heavy (non-hydrogen) atoms. The number of para-hydroxylation sites is 1. The number of nitrogens with one attached hydrogen (secondary N) is 1. The van der Waals surface area contributed by atoms with Gasteiger partial charge in [-0.15, -0.1) is 0 Å². The topological polar surface area (TPSA) is 74.1 Å². The summed E-state index contributed by atoms with van der Waals surface area (Å²) in [6.45, 7) is 21.2. The fourth-order valence-electron chi connectivity index (χ4n) is 3.41. The summed E-state index contributed by atoms with van der Waals surface area (Å²) in [5.74, 6) is 0.464. The third-order valence-corrected chi connectivity index (χ3v) is 7.15. The molecule has 0 bridgehead atoms. The van der Waals surface area contributed by atoms with Gasteiger partial charge in [-0.2, -0.15) is 0 Å². The second-order valence-electron chi connectivity index (χ2n) is 9.16. The molecular formula is C31H44N3O2P. The number of nitrogens with zero attached hydrogens (tertiary/aromatic N) is 2. The molecule has 0 aromatic heterocycles. The van der Waals surface area contributed by atoms with E-state index in [0.717, 1.165) is 35.1 Å². The predicted molar refractivity (Wildman–Crippen MR) is 165 cm³/mol. The first-order chi connectivity index (χ1) is 17.4. The van der Waals surface area contributed by atoms with Crippen LogP contribution in [0.4, 0.5) is 5.69 Å². The van der Waals surface area contributed by atoms with E-state index in [2.05, 4.69) is 42.7 Å². The Morgan fingerprint density at radius 2 is 1.76 bits per heavy atom. The molecule has 2 N–H and O–H groups in total. The second-order valence-corrected chi connectivity index (χ2v) is 12.4. The molecule has 0 fully saturated rings. The first-order valence-electron chi connectivity index (χ1n) is 12.7. The van der Waals surface area contributed by atoms with Gasteiger partial charge in [0.2, 0.25) is 0 Å². The highest BCUT2D eigenvalue weighted by atomic mass is 31.2. The lowest BCUT2D eigenvalue weighted by molar-refractivity contribution is 0.439. The number of aliphatic imine (C=N–C) groups is 2. The molecule has 0 spiro atoms. The molecule has 2 aromatic carbocycles. The number of amidine groups is 1. The smallest absolute Gasteiger partial charge is 0.172 e. The molecule has 0 unspecified atom stereocenters. The molecule has 3 rings (SSSR count). The number of aliphatic hydroxyl groups excluding tert-OH is 1. The Kier molecular flexibility index (Phi) is 13.1. The maximum atomic E-state index is 11.7. The molecule has 1 aliphatic rings. The van der Waals surface area contributed by atoms with E-state index in [4.69, 9.17) is 0 Å². The van der Waals surface area contributed by atoms with E-state index in [1.54, 1.807) is 26.3 Å². The normalized spacial score (nSPS) is 13.8. The van der Waals surface area contributed by atoms with E-state index >= 15 is 0 Å². The summed E-state index contributed by atoms with van der Waals surface area (Å²) in [5, 5.41) is 14.0. The zero-order valence-corrected chi connectivity index (χ0v) is 24.9. The van der Waals surface area contributed by atoms with E-state index in [1.807, 2.05) is 69.5 Å². The number of aliphatic hydroxyl groups is 1. The monoisotopic (exact) mass is 521 g/mol. The number of benzene rings is 2. The van der Waals surface area contributed by atoms with Crippen LogP contribution >= 0.6 is 7.14 Å². The van der Waals surface area contributed by atoms with Crippen LogP contribution in [0.3, 0.4) is 0 Å². The minimum absolute atomic E-state index is 0.0839. The summed E-state index contributed by atoms with van der Waals surface area (Å²) in [5.41, 5.74) is 7.12. The van der Waals surface area contributed by atoms with E-state index in [0.29, 0.717) is 11.5 Å². The Morgan fingerprint density at radius 3 is 2.30 bits per heavy atom. The molecule has 200 valence electrons. The largest absolute Gasteiger partial charge is 0.504 e. The molecule has 0 atom stereocenters. The summed E-state index contributed by atoms with van der Waals surface area (Å²) < 4.78 is 11.7. The first-order valence-corrected chi connectivity index (χ1v) is 15.4. The molecule has 6 heteroatoms. The van der Waals surface area contributed by atoms with Crippen molar-refractivity contribution in [1.82, 2.24) is 5.32 Å². The summed E-state index contributed by atoms with van der Waals surface area (Å²) in [7, 11) is -2.06. The summed E-state index contributed by atoms with van der Waals surface area (Å²) >= 11 is 0. The van der Waals surface area contributed by atoms with Crippen molar-refractivity contribution in [3.8, 4) is 0 Å². The lowest BCUT2D eigenvalue weighted by Gasteiger charge is -2.15. The van der Waals surface area contributed by atoms with Crippen molar-refractivity contribution in [1.29, 1.82) is 0 Å². The molecule has 0 aliphatic carbocycles. The average molecular weight is 522 g/mol. The fraction of sp³-hybridized carbons (Fsp3) is 0.355. The standard InChI is InChI=1S/C19H23N3O.C10H15OP.C2H6/c1-5-17(23)19(21-13(2)3)22-16-11-7-6-10-15(16)18-14(4)9-8-12-20-18;1-8-5-6-10(7-9(8)2)12(3,4)11;1-2/h5-7,10-12,23H,2,8-9H2,1,3-4H3,(H,21,22);5-7H,1-4H3;1-2H3/b17-5+;;. The molecule has 2 aromatic rings. The number of rotatable bonds is 5. The van der Waals surface area contributed by atoms with Crippen LogP contribution in [0.2, 0.25) is 0 Å². The van der Waals surface area contributed by atoms with Crippen LogP contribution < -0.4 is 10.6 Å². The predicted octanol–water partition coefficient (Wildman–Crippen LogP) is 8.47. The highest BCUT2D eigenvalue weighted by Gasteiger charge is 2.14. The first kappa shape index (κ1) is 31.9. The highest BCUT2D eigenvalue weighted by Crippen LogP contribution is 2.35. The summed E-state index contributed by atoms with van der Waals surface area (Å²) in [4.78, 5) is 9.14. The van der Waals surface area contributed by atoms with Gasteiger partial charge < -0.3 is 15.0 Å². The second kappa shape index (κ2) is 15.2. The van der Waals surface area contributed by atoms with Gasteiger partial charge in [0, 0.05) is 22.8 Å². The zero-order chi connectivity index (χ0) is 28.2. The maximum Gasteiger partial charge on any atom is 0.172 e. The Hall–Kier alpha value is -3.17. The summed E-state index contributed by atoms with van der Waals surface area (Å²) in [6.07, 6.45) is 5.52.